The van der Waals surface area contributed by atoms with Crippen LogP contribution in [0.2, 0.25) is 10.2 Å². The SMILES string of the molecule is O=C(Nc1n[nH]cc1C(=O)NCc1ccccc1C(F)(F)F)c1cc(Cl)c(O)c(Cl)n1. The zero-order valence-corrected chi connectivity index (χ0v) is 16.7. The number of nitrogens with one attached hydrogen (secondary N) is 3. The molecular weight excluding hydrogens is 462 g/mol. The Labute approximate surface area is 182 Å². The van der Waals surface area contributed by atoms with Crippen molar-refractivity contribution in [1.29, 1.82) is 0 Å². The van der Waals surface area contributed by atoms with E-state index in [0.717, 1.165) is 18.3 Å². The van der Waals surface area contributed by atoms with Crippen LogP contribution in [0.3, 0.4) is 0 Å². The monoisotopic (exact) mass is 473 g/mol. The molecule has 2 heterocycles. The number of halogens is 5. The van der Waals surface area contributed by atoms with Gasteiger partial charge in [0.25, 0.3) is 11.8 Å². The van der Waals surface area contributed by atoms with E-state index in [1.807, 2.05) is 0 Å². The number of aromatic nitrogens is 3. The second kappa shape index (κ2) is 8.82. The summed E-state index contributed by atoms with van der Waals surface area (Å²) in [4.78, 5) is 28.5. The zero-order valence-electron chi connectivity index (χ0n) is 15.2. The van der Waals surface area contributed by atoms with Gasteiger partial charge < -0.3 is 15.7 Å². The molecule has 2 amide bonds. The second-order valence-corrected chi connectivity index (χ2v) is 6.83. The van der Waals surface area contributed by atoms with Crippen LogP contribution in [0.1, 0.15) is 32.0 Å². The van der Waals surface area contributed by atoms with Gasteiger partial charge in [0.1, 0.15) is 11.3 Å². The van der Waals surface area contributed by atoms with Gasteiger partial charge in [-0.3, -0.25) is 14.7 Å². The molecule has 4 N–H and O–H groups in total. The molecule has 0 aliphatic rings. The summed E-state index contributed by atoms with van der Waals surface area (Å²) in [6.07, 6.45) is -3.42. The summed E-state index contributed by atoms with van der Waals surface area (Å²) in [7, 11) is 0. The van der Waals surface area contributed by atoms with E-state index in [1.165, 1.54) is 18.2 Å². The van der Waals surface area contributed by atoms with Crippen LogP contribution >= 0.6 is 23.2 Å². The maximum atomic E-state index is 13.1. The molecule has 3 rings (SSSR count). The number of pyridine rings is 1. The molecule has 3 aromatic rings. The van der Waals surface area contributed by atoms with Gasteiger partial charge in [0.2, 0.25) is 0 Å². The largest absolute Gasteiger partial charge is 0.504 e. The van der Waals surface area contributed by atoms with Crippen molar-refractivity contribution in [3.8, 4) is 5.75 Å². The first kappa shape index (κ1) is 22.4. The first-order valence-corrected chi connectivity index (χ1v) is 9.17. The van der Waals surface area contributed by atoms with Crippen LogP contribution in [0.5, 0.6) is 5.75 Å². The molecule has 0 saturated heterocycles. The van der Waals surface area contributed by atoms with Crippen molar-refractivity contribution in [2.24, 2.45) is 0 Å². The highest BCUT2D eigenvalue weighted by atomic mass is 35.5. The Morgan fingerprint density at radius 1 is 1.16 bits per heavy atom. The van der Waals surface area contributed by atoms with Crippen LogP contribution in [0.4, 0.5) is 19.0 Å². The van der Waals surface area contributed by atoms with Gasteiger partial charge in [-0.25, -0.2) is 4.98 Å². The Morgan fingerprint density at radius 3 is 2.55 bits per heavy atom. The molecule has 0 radical (unpaired) electrons. The van der Waals surface area contributed by atoms with Gasteiger partial charge in [0.15, 0.2) is 16.7 Å². The average Bonchev–Trinajstić information content (AvgIpc) is 3.17. The number of anilines is 1. The predicted molar refractivity (Wildman–Crippen MR) is 105 cm³/mol. The van der Waals surface area contributed by atoms with Crippen molar-refractivity contribution in [2.75, 3.05) is 5.32 Å². The maximum absolute atomic E-state index is 13.1. The molecule has 31 heavy (non-hydrogen) atoms. The predicted octanol–water partition coefficient (Wildman–Crippen LogP) is 4.02. The summed E-state index contributed by atoms with van der Waals surface area (Å²) in [6, 6.07) is 5.87. The number of hydrogen-bond donors (Lipinski definition) is 4. The zero-order chi connectivity index (χ0) is 22.8. The fraction of sp³-hybridized carbons (Fsp3) is 0.111. The topological polar surface area (TPSA) is 120 Å². The summed E-state index contributed by atoms with van der Waals surface area (Å²) >= 11 is 11.4. The number of aromatic hydroxyl groups is 1. The van der Waals surface area contributed by atoms with Gasteiger partial charge in [-0.1, -0.05) is 41.4 Å². The maximum Gasteiger partial charge on any atom is 0.416 e. The van der Waals surface area contributed by atoms with Crippen molar-refractivity contribution in [2.45, 2.75) is 12.7 Å². The molecule has 0 fully saturated rings. The molecule has 8 nitrogen and oxygen atoms in total. The molecule has 2 aromatic heterocycles. The summed E-state index contributed by atoms with van der Waals surface area (Å²) in [5.41, 5.74) is -1.40. The minimum absolute atomic E-state index is 0.130. The first-order chi connectivity index (χ1) is 14.6. The smallest absolute Gasteiger partial charge is 0.416 e. The quantitative estimate of drug-likeness (QED) is 0.417. The Morgan fingerprint density at radius 2 is 1.87 bits per heavy atom. The van der Waals surface area contributed by atoms with E-state index in [4.69, 9.17) is 23.2 Å². The van der Waals surface area contributed by atoms with Crippen LogP contribution < -0.4 is 10.6 Å². The van der Waals surface area contributed by atoms with E-state index in [9.17, 15) is 27.9 Å². The summed E-state index contributed by atoms with van der Waals surface area (Å²) < 4.78 is 39.2. The molecule has 0 bridgehead atoms. The van der Waals surface area contributed by atoms with Gasteiger partial charge >= 0.3 is 6.18 Å². The molecule has 0 saturated carbocycles. The number of nitrogens with zero attached hydrogens (tertiary/aromatic N) is 2. The second-order valence-electron chi connectivity index (χ2n) is 6.07. The average molecular weight is 474 g/mol. The van der Waals surface area contributed by atoms with Crippen LogP contribution in [0, 0.1) is 0 Å². The van der Waals surface area contributed by atoms with Crippen LogP contribution in [-0.2, 0) is 12.7 Å². The van der Waals surface area contributed by atoms with E-state index in [0.29, 0.717) is 0 Å². The van der Waals surface area contributed by atoms with Gasteiger partial charge in [-0.15, -0.1) is 0 Å². The Balaban J connectivity index is 1.73. The lowest BCUT2D eigenvalue weighted by molar-refractivity contribution is -0.138. The van der Waals surface area contributed by atoms with E-state index in [1.54, 1.807) is 0 Å². The number of carbonyl (C=O) groups excluding carboxylic acids is 2. The van der Waals surface area contributed by atoms with Gasteiger partial charge in [-0.05, 0) is 17.7 Å². The number of H-pyrrole nitrogens is 1. The lowest BCUT2D eigenvalue weighted by Crippen LogP contribution is -2.25. The third-order valence-corrected chi connectivity index (χ3v) is 4.57. The number of rotatable bonds is 5. The fourth-order valence-electron chi connectivity index (χ4n) is 2.55. The molecule has 0 aliphatic carbocycles. The summed E-state index contributed by atoms with van der Waals surface area (Å²) in [6.45, 7) is -0.405. The van der Waals surface area contributed by atoms with Gasteiger partial charge in [0, 0.05) is 12.7 Å². The Kier molecular flexibility index (Phi) is 6.37. The minimum Gasteiger partial charge on any atom is -0.504 e. The van der Waals surface area contributed by atoms with Crippen molar-refractivity contribution in [3.05, 3.63) is 69.1 Å². The number of benzene rings is 1. The third-order valence-electron chi connectivity index (χ3n) is 4.02. The van der Waals surface area contributed by atoms with E-state index in [-0.39, 0.29) is 27.7 Å². The number of amides is 2. The number of aromatic amines is 1. The molecule has 0 aliphatic heterocycles. The van der Waals surface area contributed by atoms with E-state index >= 15 is 0 Å². The summed E-state index contributed by atoms with van der Waals surface area (Å²) in [5.74, 6) is -2.32. The van der Waals surface area contributed by atoms with Gasteiger partial charge in [-0.2, -0.15) is 18.3 Å². The van der Waals surface area contributed by atoms with Crippen LogP contribution in [0.15, 0.2) is 36.5 Å². The molecule has 1 aromatic carbocycles. The minimum atomic E-state index is -4.57. The Bertz CT molecular complexity index is 1130. The van der Waals surface area contributed by atoms with Crippen LogP contribution in [0.25, 0.3) is 0 Å². The Hall–Kier alpha value is -3.31. The van der Waals surface area contributed by atoms with Crippen molar-refractivity contribution in [1.82, 2.24) is 20.5 Å². The molecule has 0 unspecified atom stereocenters. The molecule has 0 atom stereocenters. The third kappa shape index (κ3) is 5.06. The fourth-order valence-corrected chi connectivity index (χ4v) is 2.98. The molecule has 13 heteroatoms. The molecule has 162 valence electrons. The van der Waals surface area contributed by atoms with Crippen molar-refractivity contribution >= 4 is 40.8 Å². The molecule has 0 spiro atoms. The van der Waals surface area contributed by atoms with Gasteiger partial charge in [0.05, 0.1) is 10.6 Å². The highest BCUT2D eigenvalue weighted by Crippen LogP contribution is 2.32. The highest BCUT2D eigenvalue weighted by Gasteiger charge is 2.33. The molecular formula is C18H12Cl2F3N5O3. The summed E-state index contributed by atoms with van der Waals surface area (Å²) in [5, 5.41) is 19.7. The number of alkyl halides is 3. The van der Waals surface area contributed by atoms with E-state index in [2.05, 4.69) is 25.8 Å². The first-order valence-electron chi connectivity index (χ1n) is 8.41. The highest BCUT2D eigenvalue weighted by molar-refractivity contribution is 6.36. The van der Waals surface area contributed by atoms with Crippen LogP contribution in [-0.4, -0.2) is 32.1 Å². The van der Waals surface area contributed by atoms with Crippen molar-refractivity contribution in [3.63, 3.8) is 0 Å². The van der Waals surface area contributed by atoms with E-state index < -0.39 is 41.0 Å². The lowest BCUT2D eigenvalue weighted by atomic mass is 10.1. The lowest BCUT2D eigenvalue weighted by Gasteiger charge is -2.13. The standard InChI is InChI=1S/C18H12Cl2F3N5O3/c19-11-5-12(26-14(20)13(11)29)17(31)27-15-9(7-25-28-15)16(30)24-6-8-3-1-2-4-10(8)18(21,22)23/h1-5,7,29H,6H2,(H,24,30)(H2,25,27,28,31). The van der Waals surface area contributed by atoms with Crippen molar-refractivity contribution < 1.29 is 27.9 Å². The number of hydrogen-bond acceptors (Lipinski definition) is 5. The number of carbonyl (C=O) groups is 2. The normalized spacial score (nSPS) is 11.3.